The van der Waals surface area contributed by atoms with Crippen LogP contribution in [0, 0.1) is 0 Å². The molecule has 0 aromatic carbocycles. The fourth-order valence-corrected chi connectivity index (χ4v) is 0.232. The number of amides is 2. The summed E-state index contributed by atoms with van der Waals surface area (Å²) in [5.41, 5.74) is 0.0235. The van der Waals surface area contributed by atoms with Gasteiger partial charge in [0.25, 0.3) is 0 Å². The average Bonchev–Trinajstić information content (AvgIpc) is 1.82. The van der Waals surface area contributed by atoms with E-state index in [1.807, 2.05) is 6.92 Å². The maximum atomic E-state index is 10.3. The molecular weight excluding hydrogens is 92.1 g/mol. The molecule has 0 aliphatic carbocycles. The predicted molar refractivity (Wildman–Crippen MR) is 27.9 cm³/mol. The lowest BCUT2D eigenvalue weighted by Crippen LogP contribution is -2.29. The van der Waals surface area contributed by atoms with Crippen LogP contribution in [0.25, 0.3) is 0 Å². The van der Waals surface area contributed by atoms with Gasteiger partial charge in [-0.05, 0) is 6.42 Å². The number of carbonyl (C=O) groups is 1. The van der Waals surface area contributed by atoms with Crippen molar-refractivity contribution in [3.05, 3.63) is 0 Å². The van der Waals surface area contributed by atoms with Gasteiger partial charge < -0.3 is 11.0 Å². The Morgan fingerprint density at radius 2 is 2.86 bits per heavy atom. The molecule has 0 radical (unpaired) electrons. The Labute approximate surface area is 45.8 Å². The molecular formula is C4H10N2O. The van der Waals surface area contributed by atoms with Gasteiger partial charge in [0.05, 0.1) is 0 Å². The van der Waals surface area contributed by atoms with Crippen LogP contribution < -0.4 is 11.0 Å². The highest BCUT2D eigenvalue weighted by molar-refractivity contribution is 5.71. The molecule has 7 heavy (non-hydrogen) atoms. The molecule has 0 aliphatic rings. The Morgan fingerprint density at radius 1 is 2.14 bits per heavy atom. The van der Waals surface area contributed by atoms with Crippen molar-refractivity contribution in [3.63, 3.8) is 0 Å². The molecule has 3 nitrogen and oxygen atoms in total. The van der Waals surface area contributed by atoms with E-state index in [-0.39, 0.29) is 5.72 Å². The minimum Gasteiger partial charge on any atom is -0.352 e. The standard InChI is InChI=1S/C4H10N2O/c1-2-3-6-4(5)7/h2-3H2,1H3,(H3,5,6,7)/i/hD2. The lowest BCUT2D eigenvalue weighted by atomic mass is 10.5. The third-order valence-corrected chi connectivity index (χ3v) is 0.526. The molecule has 0 unspecified atom stereocenters. The van der Waals surface area contributed by atoms with Gasteiger partial charge in [-0.15, -0.1) is 0 Å². The molecule has 0 aliphatic heterocycles. The Balaban J connectivity index is 3.28. The summed E-state index contributed by atoms with van der Waals surface area (Å²) in [4.78, 5) is 10.3. The van der Waals surface area contributed by atoms with Gasteiger partial charge in [0, 0.05) is 6.54 Å². The molecule has 0 aromatic heterocycles. The molecule has 0 fully saturated rings. The molecule has 3 N–H and O–H groups in total. The third kappa shape index (κ3) is 5.27. The van der Waals surface area contributed by atoms with Crippen LogP contribution in [0.2, 0.25) is 2.82 Å². The average molecular weight is 104 g/mol. The maximum Gasteiger partial charge on any atom is 0.312 e. The number of hydrogen-bond acceptors (Lipinski definition) is 1. The zero-order valence-corrected chi connectivity index (χ0v) is 4.27. The number of carbonyl (C=O) groups excluding carboxylic acids is 1. The van der Waals surface area contributed by atoms with Crippen molar-refractivity contribution < 1.29 is 7.62 Å². The summed E-state index contributed by atoms with van der Waals surface area (Å²) in [6.07, 6.45) is 0.819. The highest BCUT2D eigenvalue weighted by Gasteiger charge is 1.83. The number of primary amides is 1. The van der Waals surface area contributed by atoms with Crippen LogP contribution in [-0.2, 0) is 0 Å². The van der Waals surface area contributed by atoms with Crippen molar-refractivity contribution in [3.8, 4) is 0 Å². The molecule has 0 saturated carbocycles. The molecule has 0 rings (SSSR count). The summed E-state index contributed by atoms with van der Waals surface area (Å²) in [5, 5.41) is 2.34. The van der Waals surface area contributed by atoms with Crippen molar-refractivity contribution in [2.75, 3.05) is 6.54 Å². The van der Waals surface area contributed by atoms with Gasteiger partial charge in [-0.2, -0.15) is 0 Å². The van der Waals surface area contributed by atoms with Crippen LogP contribution in [0.1, 0.15) is 13.3 Å². The van der Waals surface area contributed by atoms with E-state index in [0.717, 1.165) is 6.42 Å². The van der Waals surface area contributed by atoms with Gasteiger partial charge in [-0.1, -0.05) is 6.92 Å². The number of nitrogens with two attached hydrogens (primary N) is 1. The molecule has 0 saturated heterocycles. The monoisotopic (exact) mass is 104 g/mol. The van der Waals surface area contributed by atoms with E-state index in [2.05, 4.69) is 5.32 Å². The first-order valence-corrected chi connectivity index (χ1v) is 2.24. The Morgan fingerprint density at radius 3 is 3.29 bits per heavy atom. The zero-order chi connectivity index (χ0) is 7.28. The number of urea groups is 1. The first-order valence-electron chi connectivity index (χ1n) is 3.13. The van der Waals surface area contributed by atoms with Crippen molar-refractivity contribution in [2.24, 2.45) is 5.72 Å². The van der Waals surface area contributed by atoms with E-state index in [4.69, 9.17) is 2.82 Å². The number of nitrogens with one attached hydrogen (secondary N) is 1. The first-order chi connectivity index (χ1) is 4.18. The van der Waals surface area contributed by atoms with E-state index in [1.165, 1.54) is 0 Å². The molecule has 0 spiro atoms. The molecule has 0 bridgehead atoms. The quantitative estimate of drug-likeness (QED) is 0.511. The van der Waals surface area contributed by atoms with Gasteiger partial charge in [0.15, 0.2) is 2.82 Å². The SMILES string of the molecule is [2H]N([2H])C(=O)NCCC. The summed E-state index contributed by atoms with van der Waals surface area (Å²) in [7, 11) is 0. The fourth-order valence-electron chi connectivity index (χ4n) is 0.232. The summed E-state index contributed by atoms with van der Waals surface area (Å²) >= 11 is 0. The second-order valence-corrected chi connectivity index (χ2v) is 1.23. The highest BCUT2D eigenvalue weighted by Crippen LogP contribution is 1.66. The molecule has 2 amide bonds. The van der Waals surface area contributed by atoms with E-state index in [0.29, 0.717) is 6.54 Å². The van der Waals surface area contributed by atoms with Crippen LogP contribution in [0.5, 0.6) is 0 Å². The Kier molecular flexibility index (Phi) is 1.63. The topological polar surface area (TPSA) is 55.1 Å². The molecule has 3 heteroatoms. The van der Waals surface area contributed by atoms with Gasteiger partial charge in [0.2, 0.25) is 0 Å². The van der Waals surface area contributed by atoms with E-state index < -0.39 is 6.03 Å². The number of rotatable bonds is 2. The van der Waals surface area contributed by atoms with Gasteiger partial charge in [0.1, 0.15) is 0 Å². The van der Waals surface area contributed by atoms with E-state index >= 15 is 0 Å². The third-order valence-electron chi connectivity index (χ3n) is 0.526. The lowest BCUT2D eigenvalue weighted by Gasteiger charge is -1.93. The highest BCUT2D eigenvalue weighted by atomic mass is 16.2. The minimum absolute atomic E-state index is 0.0235. The predicted octanol–water partition coefficient (Wildman–Crippen LogP) is 0.0647. The molecule has 0 atom stereocenters. The van der Waals surface area contributed by atoms with E-state index in [9.17, 15) is 4.79 Å². The maximum absolute atomic E-state index is 10.3. The van der Waals surface area contributed by atoms with Gasteiger partial charge in [-0.3, -0.25) is 0 Å². The van der Waals surface area contributed by atoms with Crippen molar-refractivity contribution in [2.45, 2.75) is 13.3 Å². The van der Waals surface area contributed by atoms with Crippen LogP contribution in [-0.4, -0.2) is 12.6 Å². The smallest absolute Gasteiger partial charge is 0.312 e. The molecule has 0 heterocycles. The minimum atomic E-state index is -0.683. The Hall–Kier alpha value is -0.730. The van der Waals surface area contributed by atoms with Crippen LogP contribution >= 0.6 is 0 Å². The first kappa shape index (κ1) is 3.29. The Bertz CT molecular complexity index is 96.6. The summed E-state index contributed by atoms with van der Waals surface area (Å²) in [6.45, 7) is 2.42. The normalized spacial score (nSPS) is 11.6. The zero-order valence-electron chi connectivity index (χ0n) is 6.27. The second-order valence-electron chi connectivity index (χ2n) is 1.23. The summed E-state index contributed by atoms with van der Waals surface area (Å²) in [6, 6.07) is -0.683. The largest absolute Gasteiger partial charge is 0.352 e. The van der Waals surface area contributed by atoms with Gasteiger partial charge in [-0.25, -0.2) is 4.79 Å². The molecule has 0 aromatic rings. The molecule has 42 valence electrons. The fraction of sp³-hybridized carbons (Fsp3) is 0.750. The van der Waals surface area contributed by atoms with Crippen molar-refractivity contribution >= 4 is 6.03 Å². The van der Waals surface area contributed by atoms with Crippen LogP contribution in [0.4, 0.5) is 4.79 Å². The van der Waals surface area contributed by atoms with Crippen LogP contribution in [0.15, 0.2) is 0 Å². The lowest BCUT2D eigenvalue weighted by molar-refractivity contribution is 0.249. The summed E-state index contributed by atoms with van der Waals surface area (Å²) in [5.74, 6) is 0. The van der Waals surface area contributed by atoms with Gasteiger partial charge >= 0.3 is 6.03 Å². The summed E-state index contributed by atoms with van der Waals surface area (Å²) < 4.78 is 12.9. The van der Waals surface area contributed by atoms with Crippen molar-refractivity contribution in [1.29, 1.82) is 0 Å². The number of hydrogen-bond donors (Lipinski definition) is 2. The second kappa shape index (κ2) is 3.46. The van der Waals surface area contributed by atoms with Crippen LogP contribution in [0.3, 0.4) is 0 Å². The van der Waals surface area contributed by atoms with Crippen molar-refractivity contribution in [1.82, 2.24) is 5.32 Å². The van der Waals surface area contributed by atoms with E-state index in [1.54, 1.807) is 0 Å².